The molecule has 0 spiro atoms. The van der Waals surface area contributed by atoms with Gasteiger partial charge in [0.25, 0.3) is 11.8 Å². The van der Waals surface area contributed by atoms with Crippen molar-refractivity contribution in [3.05, 3.63) is 95.3 Å². The second-order valence-corrected chi connectivity index (χ2v) is 10.6. The standard InChI is InChI=1S/C31H35N5O3/c1-33(2)18-19-35(21-23-8-4-3-5-9-23)29(37)25-13-16-34(17-14-25)27-12-6-11-26-28(27)31(39)36(30(26)38)22-24-10-7-15-32-20-24/h3-12,15,20,25H,13-14,16-19,21-22H2,1-2H3. The molecular weight excluding hydrogens is 490 g/mol. The second-order valence-electron chi connectivity index (χ2n) is 10.6. The number of hydrogen-bond acceptors (Lipinski definition) is 6. The minimum absolute atomic E-state index is 0.0664. The first kappa shape index (κ1) is 26.6. The quantitative estimate of drug-likeness (QED) is 0.397. The van der Waals surface area contributed by atoms with Crippen LogP contribution in [0.3, 0.4) is 0 Å². The first-order chi connectivity index (χ1) is 18.9. The Balaban J connectivity index is 1.27. The van der Waals surface area contributed by atoms with Gasteiger partial charge in [0.2, 0.25) is 5.91 Å². The van der Waals surface area contributed by atoms with Crippen LogP contribution in [0.2, 0.25) is 0 Å². The Morgan fingerprint density at radius 2 is 1.64 bits per heavy atom. The Morgan fingerprint density at radius 1 is 0.897 bits per heavy atom. The van der Waals surface area contributed by atoms with Gasteiger partial charge in [-0.2, -0.15) is 0 Å². The smallest absolute Gasteiger partial charge is 0.263 e. The average molecular weight is 526 g/mol. The summed E-state index contributed by atoms with van der Waals surface area (Å²) in [6.45, 7) is 3.59. The molecule has 1 aromatic heterocycles. The number of nitrogens with zero attached hydrogens (tertiary/aromatic N) is 5. The molecule has 0 radical (unpaired) electrons. The summed E-state index contributed by atoms with van der Waals surface area (Å²) >= 11 is 0. The molecule has 0 aliphatic carbocycles. The highest BCUT2D eigenvalue weighted by molar-refractivity contribution is 6.23. The molecular formula is C31H35N5O3. The van der Waals surface area contributed by atoms with Crippen LogP contribution >= 0.6 is 0 Å². The fourth-order valence-electron chi connectivity index (χ4n) is 5.41. The first-order valence-electron chi connectivity index (χ1n) is 13.5. The number of imide groups is 1. The fraction of sp³-hybridized carbons (Fsp3) is 0.355. The van der Waals surface area contributed by atoms with Crippen LogP contribution < -0.4 is 4.90 Å². The monoisotopic (exact) mass is 525 g/mol. The SMILES string of the molecule is CN(C)CCN(Cc1ccccc1)C(=O)C1CCN(c2cccc3c2C(=O)N(Cc2cccnc2)C3=O)CC1. The molecule has 2 aromatic carbocycles. The molecule has 39 heavy (non-hydrogen) atoms. The Hall–Kier alpha value is -4.04. The molecule has 1 saturated heterocycles. The summed E-state index contributed by atoms with van der Waals surface area (Å²) in [6.07, 6.45) is 4.75. The van der Waals surface area contributed by atoms with Crippen molar-refractivity contribution in [2.75, 3.05) is 45.2 Å². The van der Waals surface area contributed by atoms with Crippen LogP contribution in [0.5, 0.6) is 0 Å². The Labute approximate surface area is 229 Å². The zero-order valence-corrected chi connectivity index (χ0v) is 22.6. The van der Waals surface area contributed by atoms with Crippen molar-refractivity contribution in [1.82, 2.24) is 19.7 Å². The van der Waals surface area contributed by atoms with E-state index in [4.69, 9.17) is 0 Å². The molecule has 3 aromatic rings. The van der Waals surface area contributed by atoms with Gasteiger partial charge in [0.1, 0.15) is 0 Å². The van der Waals surface area contributed by atoms with Crippen molar-refractivity contribution in [1.29, 1.82) is 0 Å². The predicted octanol–water partition coefficient (Wildman–Crippen LogP) is 3.68. The topological polar surface area (TPSA) is 77.1 Å². The van der Waals surface area contributed by atoms with E-state index in [2.05, 4.69) is 26.9 Å². The van der Waals surface area contributed by atoms with Crippen molar-refractivity contribution < 1.29 is 14.4 Å². The number of piperidine rings is 1. The molecule has 0 N–H and O–H groups in total. The van der Waals surface area contributed by atoms with Gasteiger partial charge in [-0.05, 0) is 56.3 Å². The summed E-state index contributed by atoms with van der Waals surface area (Å²) in [7, 11) is 4.04. The molecule has 5 rings (SSSR count). The molecule has 8 nitrogen and oxygen atoms in total. The number of likely N-dealkylation sites (N-methyl/N-ethyl adjacent to an activating group) is 1. The first-order valence-corrected chi connectivity index (χ1v) is 13.5. The Kier molecular flexibility index (Phi) is 8.02. The molecule has 0 saturated carbocycles. The number of carbonyl (C=O) groups is 3. The zero-order chi connectivity index (χ0) is 27.4. The van der Waals surface area contributed by atoms with E-state index in [0.717, 1.165) is 23.4 Å². The number of amides is 3. The minimum atomic E-state index is -0.275. The highest BCUT2D eigenvalue weighted by Gasteiger charge is 2.39. The van der Waals surface area contributed by atoms with Crippen LogP contribution in [0.4, 0.5) is 5.69 Å². The molecule has 3 heterocycles. The number of benzene rings is 2. The van der Waals surface area contributed by atoms with Crippen molar-refractivity contribution in [3.8, 4) is 0 Å². The molecule has 1 fully saturated rings. The van der Waals surface area contributed by atoms with E-state index >= 15 is 0 Å². The van der Waals surface area contributed by atoms with Crippen LogP contribution in [0, 0.1) is 5.92 Å². The van der Waals surface area contributed by atoms with Gasteiger partial charge in [-0.1, -0.05) is 42.5 Å². The number of carbonyl (C=O) groups excluding carboxylic acids is 3. The van der Waals surface area contributed by atoms with E-state index < -0.39 is 0 Å². The van der Waals surface area contributed by atoms with Gasteiger partial charge < -0.3 is 14.7 Å². The van der Waals surface area contributed by atoms with Crippen molar-refractivity contribution in [2.45, 2.75) is 25.9 Å². The number of fused-ring (bicyclic) bond motifs is 1. The molecule has 2 aliphatic rings. The van der Waals surface area contributed by atoms with E-state index in [1.165, 1.54) is 4.90 Å². The van der Waals surface area contributed by atoms with Gasteiger partial charge in [-0.25, -0.2) is 0 Å². The van der Waals surface area contributed by atoms with Crippen LogP contribution in [0.15, 0.2) is 73.1 Å². The number of pyridine rings is 1. The van der Waals surface area contributed by atoms with E-state index in [1.54, 1.807) is 24.5 Å². The predicted molar refractivity (Wildman–Crippen MR) is 150 cm³/mol. The third kappa shape index (κ3) is 5.86. The third-order valence-corrected chi connectivity index (χ3v) is 7.57. The molecule has 202 valence electrons. The molecule has 0 bridgehead atoms. The van der Waals surface area contributed by atoms with Gasteiger partial charge in [-0.15, -0.1) is 0 Å². The lowest BCUT2D eigenvalue weighted by Gasteiger charge is -2.36. The fourth-order valence-corrected chi connectivity index (χ4v) is 5.41. The number of rotatable bonds is 9. The van der Waals surface area contributed by atoms with E-state index in [-0.39, 0.29) is 30.2 Å². The lowest BCUT2D eigenvalue weighted by atomic mass is 9.93. The highest BCUT2D eigenvalue weighted by atomic mass is 16.2. The summed E-state index contributed by atoms with van der Waals surface area (Å²) in [6, 6.07) is 19.3. The van der Waals surface area contributed by atoms with Crippen molar-refractivity contribution in [3.63, 3.8) is 0 Å². The minimum Gasteiger partial charge on any atom is -0.371 e. The van der Waals surface area contributed by atoms with Crippen molar-refractivity contribution >= 4 is 23.4 Å². The third-order valence-electron chi connectivity index (χ3n) is 7.57. The maximum absolute atomic E-state index is 13.6. The molecule has 3 amide bonds. The largest absolute Gasteiger partial charge is 0.371 e. The lowest BCUT2D eigenvalue weighted by molar-refractivity contribution is -0.137. The summed E-state index contributed by atoms with van der Waals surface area (Å²) in [5.74, 6) is -0.426. The molecule has 2 aliphatic heterocycles. The van der Waals surface area contributed by atoms with Gasteiger partial charge in [0, 0.05) is 51.0 Å². The summed E-state index contributed by atoms with van der Waals surface area (Å²) in [4.78, 5) is 51.8. The summed E-state index contributed by atoms with van der Waals surface area (Å²) in [5, 5.41) is 0. The van der Waals surface area contributed by atoms with Gasteiger partial charge in [-0.3, -0.25) is 24.3 Å². The van der Waals surface area contributed by atoms with Gasteiger partial charge in [0.15, 0.2) is 0 Å². The number of hydrogen-bond donors (Lipinski definition) is 0. The van der Waals surface area contributed by atoms with E-state index in [0.29, 0.717) is 50.1 Å². The maximum Gasteiger partial charge on any atom is 0.263 e. The van der Waals surface area contributed by atoms with Crippen LogP contribution in [-0.4, -0.2) is 77.7 Å². The highest BCUT2D eigenvalue weighted by Crippen LogP contribution is 2.35. The Bertz CT molecular complexity index is 1320. The molecule has 0 unspecified atom stereocenters. The summed E-state index contributed by atoms with van der Waals surface area (Å²) in [5.41, 5.74) is 3.62. The van der Waals surface area contributed by atoms with Crippen LogP contribution in [0.25, 0.3) is 0 Å². The van der Waals surface area contributed by atoms with Crippen LogP contribution in [-0.2, 0) is 17.9 Å². The molecule has 8 heteroatoms. The number of aromatic nitrogens is 1. The van der Waals surface area contributed by atoms with Gasteiger partial charge in [0.05, 0.1) is 23.4 Å². The zero-order valence-electron chi connectivity index (χ0n) is 22.6. The summed E-state index contributed by atoms with van der Waals surface area (Å²) < 4.78 is 0. The van der Waals surface area contributed by atoms with Gasteiger partial charge >= 0.3 is 0 Å². The van der Waals surface area contributed by atoms with Crippen molar-refractivity contribution in [2.24, 2.45) is 5.92 Å². The lowest BCUT2D eigenvalue weighted by Crippen LogP contribution is -2.44. The van der Waals surface area contributed by atoms with E-state index in [1.807, 2.05) is 55.4 Å². The molecule has 0 atom stereocenters. The normalized spacial score (nSPS) is 15.7. The van der Waals surface area contributed by atoms with E-state index in [9.17, 15) is 14.4 Å². The second kappa shape index (κ2) is 11.8. The number of anilines is 1. The van der Waals surface area contributed by atoms with Crippen LogP contribution in [0.1, 0.15) is 44.7 Å². The Morgan fingerprint density at radius 3 is 2.33 bits per heavy atom. The maximum atomic E-state index is 13.6. The average Bonchev–Trinajstić information content (AvgIpc) is 3.21.